The van der Waals surface area contributed by atoms with Gasteiger partial charge >= 0.3 is 0 Å². The monoisotopic (exact) mass is 310 g/mol. The third-order valence-electron chi connectivity index (χ3n) is 3.59. The van der Waals surface area contributed by atoms with Crippen molar-refractivity contribution in [1.82, 2.24) is 0 Å². The maximum absolute atomic E-state index is 13.9. The second-order valence-corrected chi connectivity index (χ2v) is 5.59. The predicted molar refractivity (Wildman–Crippen MR) is 96.0 cm³/mol. The number of rotatable bonds is 7. The highest BCUT2D eigenvalue weighted by molar-refractivity contribution is 5.82. The lowest BCUT2D eigenvalue weighted by Crippen LogP contribution is -1.91. The maximum Gasteiger partial charge on any atom is 0.132 e. The Hall–Kier alpha value is -2.29. The Kier molecular flexibility index (Phi) is 6.67. The SMILES string of the molecule is CCCc1ccc(/C=N/N=C/c2ccc(CCC)cc2F)cc1. The van der Waals surface area contributed by atoms with Gasteiger partial charge in [0.15, 0.2) is 0 Å². The molecule has 0 aliphatic carbocycles. The quantitative estimate of drug-likeness (QED) is 0.497. The van der Waals surface area contributed by atoms with Gasteiger partial charge in [0, 0.05) is 5.56 Å². The summed E-state index contributed by atoms with van der Waals surface area (Å²) in [5.41, 5.74) is 3.78. The minimum atomic E-state index is -0.251. The molecule has 2 rings (SSSR count). The Labute approximate surface area is 137 Å². The number of aryl methyl sites for hydroxylation is 2. The van der Waals surface area contributed by atoms with Crippen LogP contribution in [-0.4, -0.2) is 12.4 Å². The van der Waals surface area contributed by atoms with Crippen LogP contribution in [0.15, 0.2) is 52.7 Å². The number of benzene rings is 2. The van der Waals surface area contributed by atoms with Gasteiger partial charge in [-0.15, -0.1) is 0 Å². The van der Waals surface area contributed by atoms with Crippen LogP contribution in [0, 0.1) is 5.82 Å². The highest BCUT2D eigenvalue weighted by Gasteiger charge is 2.00. The van der Waals surface area contributed by atoms with E-state index in [1.165, 1.54) is 11.8 Å². The first-order chi connectivity index (χ1) is 11.2. The molecule has 3 heteroatoms. The molecule has 0 fully saturated rings. The van der Waals surface area contributed by atoms with E-state index in [0.29, 0.717) is 5.56 Å². The number of nitrogens with zero attached hydrogens (tertiary/aromatic N) is 2. The molecule has 0 aliphatic rings. The first-order valence-electron chi connectivity index (χ1n) is 8.16. The molecule has 0 atom stereocenters. The summed E-state index contributed by atoms with van der Waals surface area (Å²) in [6.45, 7) is 4.24. The zero-order valence-corrected chi connectivity index (χ0v) is 13.8. The molecule has 0 saturated heterocycles. The second-order valence-electron chi connectivity index (χ2n) is 5.59. The summed E-state index contributed by atoms with van der Waals surface area (Å²) in [5.74, 6) is -0.251. The van der Waals surface area contributed by atoms with Crippen LogP contribution < -0.4 is 0 Å². The predicted octanol–water partition coefficient (Wildman–Crippen LogP) is 5.18. The van der Waals surface area contributed by atoms with Crippen LogP contribution in [0.2, 0.25) is 0 Å². The van der Waals surface area contributed by atoms with Gasteiger partial charge in [-0.1, -0.05) is 63.1 Å². The Bertz CT molecular complexity index is 673. The summed E-state index contributed by atoms with van der Waals surface area (Å²) in [4.78, 5) is 0. The second kappa shape index (κ2) is 8.99. The zero-order chi connectivity index (χ0) is 16.5. The molecule has 0 amide bonds. The van der Waals surface area contributed by atoms with Crippen molar-refractivity contribution in [3.63, 3.8) is 0 Å². The summed E-state index contributed by atoms with van der Waals surface area (Å²) in [7, 11) is 0. The molecule has 2 aromatic rings. The van der Waals surface area contributed by atoms with Crippen molar-refractivity contribution in [2.75, 3.05) is 0 Å². The highest BCUT2D eigenvalue weighted by Crippen LogP contribution is 2.10. The molecular formula is C20H23FN2. The molecule has 2 aromatic carbocycles. The van der Waals surface area contributed by atoms with Gasteiger partial charge in [-0.3, -0.25) is 0 Å². The van der Waals surface area contributed by atoms with E-state index in [1.807, 2.05) is 18.2 Å². The molecule has 0 aliphatic heterocycles. The van der Waals surface area contributed by atoms with Crippen LogP contribution in [0.4, 0.5) is 4.39 Å². The van der Waals surface area contributed by atoms with E-state index in [1.54, 1.807) is 18.3 Å². The molecule has 0 aromatic heterocycles. The molecule has 0 radical (unpaired) electrons. The van der Waals surface area contributed by atoms with Gasteiger partial charge in [-0.05, 0) is 35.6 Å². The average Bonchev–Trinajstić information content (AvgIpc) is 2.55. The average molecular weight is 310 g/mol. The topological polar surface area (TPSA) is 24.7 Å². The van der Waals surface area contributed by atoms with Crippen LogP contribution in [0.1, 0.15) is 48.9 Å². The summed E-state index contributed by atoms with van der Waals surface area (Å²) in [6, 6.07) is 13.5. The van der Waals surface area contributed by atoms with Crippen molar-refractivity contribution in [3.8, 4) is 0 Å². The molecule has 0 unspecified atom stereocenters. The number of hydrogen-bond acceptors (Lipinski definition) is 2. The van der Waals surface area contributed by atoms with E-state index in [4.69, 9.17) is 0 Å². The van der Waals surface area contributed by atoms with Crippen LogP contribution in [0.25, 0.3) is 0 Å². The zero-order valence-electron chi connectivity index (χ0n) is 13.8. The smallest absolute Gasteiger partial charge is 0.132 e. The van der Waals surface area contributed by atoms with Crippen molar-refractivity contribution >= 4 is 12.4 Å². The Morgan fingerprint density at radius 1 is 0.826 bits per heavy atom. The van der Waals surface area contributed by atoms with Gasteiger partial charge in [0.05, 0.1) is 12.4 Å². The summed E-state index contributed by atoms with van der Waals surface area (Å²) in [6.07, 6.45) is 7.25. The van der Waals surface area contributed by atoms with Crippen molar-refractivity contribution in [2.24, 2.45) is 10.2 Å². The Morgan fingerprint density at radius 2 is 1.43 bits per heavy atom. The van der Waals surface area contributed by atoms with Gasteiger partial charge < -0.3 is 0 Å². The van der Waals surface area contributed by atoms with Crippen molar-refractivity contribution in [2.45, 2.75) is 39.5 Å². The standard InChI is InChI=1S/C20H23FN2/c1-3-5-16-7-9-18(10-8-16)14-22-23-15-19-12-11-17(6-4-2)13-20(19)21/h7-15H,3-6H2,1-2H3/b22-14+,23-15+. The Morgan fingerprint density at radius 3 is 2.09 bits per heavy atom. The van der Waals surface area contributed by atoms with E-state index in [2.05, 4.69) is 36.2 Å². The summed E-state index contributed by atoms with van der Waals surface area (Å²) >= 11 is 0. The van der Waals surface area contributed by atoms with Gasteiger partial charge in [-0.25, -0.2) is 4.39 Å². The minimum absolute atomic E-state index is 0.251. The highest BCUT2D eigenvalue weighted by atomic mass is 19.1. The summed E-state index contributed by atoms with van der Waals surface area (Å²) < 4.78 is 13.9. The molecular weight excluding hydrogens is 287 g/mol. The first-order valence-corrected chi connectivity index (χ1v) is 8.16. The largest absolute Gasteiger partial charge is 0.206 e. The van der Waals surface area contributed by atoms with Crippen LogP contribution >= 0.6 is 0 Å². The first kappa shape index (κ1) is 17.1. The van der Waals surface area contributed by atoms with E-state index in [-0.39, 0.29) is 5.82 Å². The molecule has 0 bridgehead atoms. The van der Waals surface area contributed by atoms with E-state index >= 15 is 0 Å². The molecule has 0 saturated carbocycles. The minimum Gasteiger partial charge on any atom is -0.206 e. The third kappa shape index (κ3) is 5.44. The fraction of sp³-hybridized carbons (Fsp3) is 0.300. The third-order valence-corrected chi connectivity index (χ3v) is 3.59. The molecule has 0 heterocycles. The molecule has 0 spiro atoms. The van der Waals surface area contributed by atoms with Crippen LogP contribution in [-0.2, 0) is 12.8 Å². The van der Waals surface area contributed by atoms with Crippen molar-refractivity contribution in [3.05, 3.63) is 70.5 Å². The number of halogens is 1. The van der Waals surface area contributed by atoms with Crippen LogP contribution in [0.5, 0.6) is 0 Å². The van der Waals surface area contributed by atoms with Crippen molar-refractivity contribution < 1.29 is 4.39 Å². The van der Waals surface area contributed by atoms with Gasteiger partial charge in [0.2, 0.25) is 0 Å². The molecule has 2 nitrogen and oxygen atoms in total. The number of hydrogen-bond donors (Lipinski definition) is 0. The molecule has 23 heavy (non-hydrogen) atoms. The lowest BCUT2D eigenvalue weighted by atomic mass is 10.1. The lowest BCUT2D eigenvalue weighted by molar-refractivity contribution is 0.623. The normalized spacial score (nSPS) is 11.6. The summed E-state index contributed by atoms with van der Waals surface area (Å²) in [5, 5.41) is 7.93. The van der Waals surface area contributed by atoms with Gasteiger partial charge in [-0.2, -0.15) is 10.2 Å². The van der Waals surface area contributed by atoms with Crippen LogP contribution in [0.3, 0.4) is 0 Å². The Balaban J connectivity index is 1.97. The fourth-order valence-electron chi connectivity index (χ4n) is 2.37. The van der Waals surface area contributed by atoms with E-state index < -0.39 is 0 Å². The van der Waals surface area contributed by atoms with E-state index in [9.17, 15) is 4.39 Å². The maximum atomic E-state index is 13.9. The van der Waals surface area contributed by atoms with Gasteiger partial charge in [0.25, 0.3) is 0 Å². The van der Waals surface area contributed by atoms with Gasteiger partial charge in [0.1, 0.15) is 5.82 Å². The molecule has 0 N–H and O–H groups in total. The lowest BCUT2D eigenvalue weighted by Gasteiger charge is -2.00. The molecule has 120 valence electrons. The fourth-order valence-corrected chi connectivity index (χ4v) is 2.37. The van der Waals surface area contributed by atoms with E-state index in [0.717, 1.165) is 36.8 Å². The van der Waals surface area contributed by atoms with Crippen molar-refractivity contribution in [1.29, 1.82) is 0 Å².